The predicted molar refractivity (Wildman–Crippen MR) is 82.4 cm³/mol. The molecular formula is C16H13ClN2O2. The molecule has 106 valence electrons. The number of aromatic nitrogens is 2. The Bertz CT molecular complexity index is 845. The Kier molecular flexibility index (Phi) is 3.73. The van der Waals surface area contributed by atoms with E-state index in [0.29, 0.717) is 21.5 Å². The van der Waals surface area contributed by atoms with Crippen molar-refractivity contribution in [2.24, 2.45) is 0 Å². The minimum absolute atomic E-state index is 0.136. The third-order valence-electron chi connectivity index (χ3n) is 3.33. The maximum Gasteiger partial charge on any atom is 0.261 e. The number of halogens is 1. The van der Waals surface area contributed by atoms with E-state index in [0.717, 1.165) is 0 Å². The van der Waals surface area contributed by atoms with E-state index in [1.54, 1.807) is 42.5 Å². The fourth-order valence-electron chi connectivity index (χ4n) is 2.24. The van der Waals surface area contributed by atoms with Crippen LogP contribution in [0.1, 0.15) is 11.7 Å². The first-order valence-electron chi connectivity index (χ1n) is 6.53. The van der Waals surface area contributed by atoms with E-state index < -0.39 is 6.10 Å². The van der Waals surface area contributed by atoms with Crippen molar-refractivity contribution in [1.29, 1.82) is 0 Å². The quantitative estimate of drug-likeness (QED) is 0.809. The SMILES string of the molecule is O=c1c2ccccc2ncn1CC(O)c1cccc(Cl)c1. The van der Waals surface area contributed by atoms with Gasteiger partial charge in [0.25, 0.3) is 5.56 Å². The molecule has 0 saturated carbocycles. The lowest BCUT2D eigenvalue weighted by Gasteiger charge is -2.13. The monoisotopic (exact) mass is 300 g/mol. The Morgan fingerprint density at radius 2 is 2.00 bits per heavy atom. The van der Waals surface area contributed by atoms with Crippen molar-refractivity contribution in [3.63, 3.8) is 0 Å². The van der Waals surface area contributed by atoms with Gasteiger partial charge in [-0.25, -0.2) is 4.98 Å². The molecule has 0 amide bonds. The summed E-state index contributed by atoms with van der Waals surface area (Å²) in [7, 11) is 0. The minimum atomic E-state index is -0.815. The first-order valence-corrected chi connectivity index (χ1v) is 6.90. The number of fused-ring (bicyclic) bond motifs is 1. The van der Waals surface area contributed by atoms with Crippen LogP contribution in [0.15, 0.2) is 59.7 Å². The molecule has 3 aromatic rings. The Morgan fingerprint density at radius 3 is 2.81 bits per heavy atom. The molecule has 4 nitrogen and oxygen atoms in total. The van der Waals surface area contributed by atoms with E-state index in [1.165, 1.54) is 10.9 Å². The third-order valence-corrected chi connectivity index (χ3v) is 3.57. The Morgan fingerprint density at radius 1 is 1.19 bits per heavy atom. The van der Waals surface area contributed by atoms with E-state index in [-0.39, 0.29) is 12.1 Å². The number of hydrogen-bond acceptors (Lipinski definition) is 3. The highest BCUT2D eigenvalue weighted by molar-refractivity contribution is 6.30. The first-order chi connectivity index (χ1) is 10.1. The molecule has 0 spiro atoms. The standard InChI is InChI=1S/C16H13ClN2O2/c17-12-5-3-4-11(8-12)15(20)9-19-10-18-14-7-2-1-6-13(14)16(19)21/h1-8,10,15,20H,9H2. The zero-order valence-corrected chi connectivity index (χ0v) is 11.9. The zero-order valence-electron chi connectivity index (χ0n) is 11.1. The molecule has 0 aliphatic heterocycles. The van der Waals surface area contributed by atoms with Crippen molar-refractivity contribution in [2.75, 3.05) is 0 Å². The highest BCUT2D eigenvalue weighted by Gasteiger charge is 2.11. The van der Waals surface area contributed by atoms with Gasteiger partial charge < -0.3 is 5.11 Å². The molecule has 1 aromatic heterocycles. The molecule has 1 N–H and O–H groups in total. The van der Waals surface area contributed by atoms with Crippen LogP contribution >= 0.6 is 11.6 Å². The second-order valence-corrected chi connectivity index (χ2v) is 5.23. The number of hydrogen-bond donors (Lipinski definition) is 1. The number of benzene rings is 2. The van der Waals surface area contributed by atoms with Gasteiger partial charge in [-0.15, -0.1) is 0 Å². The normalized spacial score (nSPS) is 12.5. The molecule has 0 aliphatic carbocycles. The Hall–Kier alpha value is -2.17. The van der Waals surface area contributed by atoms with Crippen molar-refractivity contribution in [1.82, 2.24) is 9.55 Å². The fourth-order valence-corrected chi connectivity index (χ4v) is 2.44. The first kappa shape index (κ1) is 13.8. The van der Waals surface area contributed by atoms with E-state index in [4.69, 9.17) is 11.6 Å². The molecule has 21 heavy (non-hydrogen) atoms. The smallest absolute Gasteiger partial charge is 0.261 e. The van der Waals surface area contributed by atoms with Crippen LogP contribution in [0.5, 0.6) is 0 Å². The average molecular weight is 301 g/mol. The third kappa shape index (κ3) is 2.82. The molecule has 0 bridgehead atoms. The van der Waals surface area contributed by atoms with Crippen LogP contribution in [0.4, 0.5) is 0 Å². The molecule has 0 fully saturated rings. The summed E-state index contributed by atoms with van der Waals surface area (Å²) < 4.78 is 1.41. The summed E-state index contributed by atoms with van der Waals surface area (Å²) in [6, 6.07) is 14.1. The summed E-state index contributed by atoms with van der Waals surface area (Å²) >= 11 is 5.91. The Balaban J connectivity index is 1.95. The fraction of sp³-hybridized carbons (Fsp3) is 0.125. The number of nitrogens with zero attached hydrogens (tertiary/aromatic N) is 2. The molecule has 1 atom stereocenters. The summed E-state index contributed by atoms with van der Waals surface area (Å²) in [6.07, 6.45) is 0.641. The van der Waals surface area contributed by atoms with Crippen molar-refractivity contribution in [3.05, 3.63) is 75.8 Å². The van der Waals surface area contributed by atoms with Crippen LogP contribution in [0.3, 0.4) is 0 Å². The molecular weight excluding hydrogens is 288 g/mol. The molecule has 1 heterocycles. The van der Waals surface area contributed by atoms with Crippen LogP contribution in [0.25, 0.3) is 10.9 Å². The lowest BCUT2D eigenvalue weighted by atomic mass is 10.1. The van der Waals surface area contributed by atoms with Gasteiger partial charge in [0.05, 0.1) is 29.9 Å². The van der Waals surface area contributed by atoms with Gasteiger partial charge in [-0.05, 0) is 29.8 Å². The number of para-hydroxylation sites is 1. The molecule has 5 heteroatoms. The van der Waals surface area contributed by atoms with E-state index in [9.17, 15) is 9.90 Å². The van der Waals surface area contributed by atoms with Gasteiger partial charge in [-0.2, -0.15) is 0 Å². The summed E-state index contributed by atoms with van der Waals surface area (Å²) in [5.74, 6) is 0. The van der Waals surface area contributed by atoms with Crippen molar-refractivity contribution in [3.8, 4) is 0 Å². The second kappa shape index (κ2) is 5.68. The van der Waals surface area contributed by atoms with Gasteiger partial charge in [-0.3, -0.25) is 9.36 Å². The summed E-state index contributed by atoms with van der Waals surface area (Å²) in [5.41, 5.74) is 1.15. The maximum atomic E-state index is 12.3. The van der Waals surface area contributed by atoms with Gasteiger partial charge >= 0.3 is 0 Å². The number of aliphatic hydroxyl groups excluding tert-OH is 1. The predicted octanol–water partition coefficient (Wildman–Crippen LogP) is 2.78. The van der Waals surface area contributed by atoms with Gasteiger partial charge in [0.1, 0.15) is 0 Å². The van der Waals surface area contributed by atoms with Gasteiger partial charge in [0, 0.05) is 5.02 Å². The minimum Gasteiger partial charge on any atom is -0.387 e. The lowest BCUT2D eigenvalue weighted by molar-refractivity contribution is 0.155. The molecule has 0 saturated heterocycles. The Labute approximate surface area is 126 Å². The summed E-state index contributed by atoms with van der Waals surface area (Å²) in [4.78, 5) is 16.6. The van der Waals surface area contributed by atoms with E-state index in [1.807, 2.05) is 6.07 Å². The molecule has 0 radical (unpaired) electrons. The topological polar surface area (TPSA) is 55.1 Å². The van der Waals surface area contributed by atoms with Crippen LogP contribution in [-0.2, 0) is 6.54 Å². The van der Waals surface area contributed by atoms with E-state index >= 15 is 0 Å². The van der Waals surface area contributed by atoms with Crippen molar-refractivity contribution >= 4 is 22.5 Å². The molecule has 3 rings (SSSR count). The van der Waals surface area contributed by atoms with Gasteiger partial charge in [0.15, 0.2) is 0 Å². The average Bonchev–Trinajstić information content (AvgIpc) is 2.50. The van der Waals surface area contributed by atoms with Crippen molar-refractivity contribution < 1.29 is 5.11 Å². The highest BCUT2D eigenvalue weighted by Crippen LogP contribution is 2.18. The highest BCUT2D eigenvalue weighted by atomic mass is 35.5. The van der Waals surface area contributed by atoms with Crippen molar-refractivity contribution in [2.45, 2.75) is 12.6 Å². The van der Waals surface area contributed by atoms with Crippen LogP contribution < -0.4 is 5.56 Å². The second-order valence-electron chi connectivity index (χ2n) is 4.79. The molecule has 2 aromatic carbocycles. The molecule has 0 aliphatic rings. The zero-order chi connectivity index (χ0) is 14.8. The lowest BCUT2D eigenvalue weighted by Crippen LogP contribution is -2.23. The van der Waals surface area contributed by atoms with Crippen LogP contribution in [0, 0.1) is 0 Å². The molecule has 1 unspecified atom stereocenters. The van der Waals surface area contributed by atoms with Crippen LogP contribution in [-0.4, -0.2) is 14.7 Å². The summed E-state index contributed by atoms with van der Waals surface area (Å²) in [5, 5.41) is 11.3. The number of aliphatic hydroxyl groups is 1. The number of rotatable bonds is 3. The largest absolute Gasteiger partial charge is 0.387 e. The van der Waals surface area contributed by atoms with Gasteiger partial charge in [-0.1, -0.05) is 35.9 Å². The summed E-state index contributed by atoms with van der Waals surface area (Å²) in [6.45, 7) is 0.136. The van der Waals surface area contributed by atoms with Crippen LogP contribution in [0.2, 0.25) is 5.02 Å². The maximum absolute atomic E-state index is 12.3. The van der Waals surface area contributed by atoms with Gasteiger partial charge in [0.2, 0.25) is 0 Å². The van der Waals surface area contributed by atoms with E-state index in [2.05, 4.69) is 4.98 Å².